The average molecular weight is 235 g/mol. The largest absolute Gasteiger partial charge is 0.455 e. The van der Waals surface area contributed by atoms with Crippen molar-refractivity contribution in [2.24, 2.45) is 11.7 Å². The zero-order chi connectivity index (χ0) is 12.8. The maximum absolute atomic E-state index is 11.5. The summed E-state index contributed by atoms with van der Waals surface area (Å²) in [6.07, 6.45) is 0. The van der Waals surface area contributed by atoms with Gasteiger partial charge in [0.1, 0.15) is 6.61 Å². The van der Waals surface area contributed by atoms with Gasteiger partial charge in [-0.3, -0.25) is 4.79 Å². The van der Waals surface area contributed by atoms with E-state index >= 15 is 0 Å². The lowest BCUT2D eigenvalue weighted by Crippen LogP contribution is -2.40. The highest BCUT2D eigenvalue weighted by Crippen LogP contribution is 2.04. The lowest BCUT2D eigenvalue weighted by atomic mass is 10.0. The molecule has 92 valence electrons. The summed E-state index contributed by atoms with van der Waals surface area (Å²) in [6, 6.07) is 8.39. The van der Waals surface area contributed by atoms with E-state index in [4.69, 9.17) is 10.5 Å². The van der Waals surface area contributed by atoms with Crippen LogP contribution in [0.2, 0.25) is 0 Å². The summed E-state index contributed by atoms with van der Waals surface area (Å²) in [6.45, 7) is 3.66. The van der Waals surface area contributed by atoms with Crippen LogP contribution in [0.1, 0.15) is 19.4 Å². The molecule has 1 unspecified atom stereocenters. The minimum Gasteiger partial charge on any atom is -0.455 e. The van der Waals surface area contributed by atoms with Crippen LogP contribution in [0.3, 0.4) is 0 Å². The number of nitrogens with two attached hydrogens (primary N) is 1. The van der Waals surface area contributed by atoms with Crippen molar-refractivity contribution in [3.05, 3.63) is 35.9 Å². The van der Waals surface area contributed by atoms with Crippen molar-refractivity contribution in [2.45, 2.75) is 26.5 Å². The normalized spacial score (nSPS) is 12.2. The Morgan fingerprint density at radius 1 is 1.24 bits per heavy atom. The smallest absolute Gasteiger partial charge is 0.376 e. The predicted octanol–water partition coefficient (Wildman–Crippen LogP) is 1.28. The molecule has 1 aromatic rings. The number of ether oxygens (including phenoxy) is 1. The van der Waals surface area contributed by atoms with Gasteiger partial charge in [-0.1, -0.05) is 44.2 Å². The van der Waals surface area contributed by atoms with Crippen molar-refractivity contribution in [3.63, 3.8) is 0 Å². The first-order chi connectivity index (χ1) is 8.02. The van der Waals surface area contributed by atoms with Crippen LogP contribution in [0, 0.1) is 5.92 Å². The third-order valence-electron chi connectivity index (χ3n) is 2.43. The lowest BCUT2D eigenvalue weighted by Gasteiger charge is -2.13. The zero-order valence-electron chi connectivity index (χ0n) is 10.1. The van der Waals surface area contributed by atoms with Gasteiger partial charge in [-0.25, -0.2) is 4.79 Å². The van der Waals surface area contributed by atoms with Crippen molar-refractivity contribution in [1.82, 2.24) is 0 Å². The SMILES string of the molecule is CC(C)C(N)C(=O)C(=O)OCc1ccccc1. The number of hydrogen-bond donors (Lipinski definition) is 1. The van der Waals surface area contributed by atoms with Crippen LogP contribution in [-0.2, 0) is 20.9 Å². The van der Waals surface area contributed by atoms with Crippen LogP contribution in [0.25, 0.3) is 0 Å². The Labute approximate surface area is 101 Å². The van der Waals surface area contributed by atoms with Crippen molar-refractivity contribution < 1.29 is 14.3 Å². The fourth-order valence-corrected chi connectivity index (χ4v) is 1.23. The summed E-state index contributed by atoms with van der Waals surface area (Å²) >= 11 is 0. The maximum atomic E-state index is 11.5. The molecule has 0 saturated carbocycles. The maximum Gasteiger partial charge on any atom is 0.376 e. The summed E-state index contributed by atoms with van der Waals surface area (Å²) in [4.78, 5) is 22.9. The van der Waals surface area contributed by atoms with Gasteiger partial charge in [0.05, 0.1) is 6.04 Å². The second-order valence-corrected chi connectivity index (χ2v) is 4.20. The molecule has 4 heteroatoms. The van der Waals surface area contributed by atoms with Gasteiger partial charge in [-0.2, -0.15) is 0 Å². The van der Waals surface area contributed by atoms with Gasteiger partial charge in [0.25, 0.3) is 5.78 Å². The molecule has 2 N–H and O–H groups in total. The molecule has 0 aliphatic rings. The minimum absolute atomic E-state index is 0.0771. The molecule has 0 aromatic heterocycles. The molecular weight excluding hydrogens is 218 g/mol. The Balaban J connectivity index is 2.48. The molecule has 0 radical (unpaired) electrons. The molecule has 1 aromatic carbocycles. The molecule has 1 atom stereocenters. The highest BCUT2D eigenvalue weighted by atomic mass is 16.5. The van der Waals surface area contributed by atoms with Crippen molar-refractivity contribution in [1.29, 1.82) is 0 Å². The Morgan fingerprint density at radius 3 is 2.35 bits per heavy atom. The van der Waals surface area contributed by atoms with Gasteiger partial charge >= 0.3 is 5.97 Å². The molecule has 0 bridgehead atoms. The van der Waals surface area contributed by atoms with E-state index in [0.717, 1.165) is 5.56 Å². The van der Waals surface area contributed by atoms with E-state index in [1.54, 1.807) is 13.8 Å². The second-order valence-electron chi connectivity index (χ2n) is 4.20. The van der Waals surface area contributed by atoms with Crippen molar-refractivity contribution in [2.75, 3.05) is 0 Å². The molecule has 0 aliphatic carbocycles. The molecule has 0 heterocycles. The van der Waals surface area contributed by atoms with E-state index in [9.17, 15) is 9.59 Å². The number of ketones is 1. The van der Waals surface area contributed by atoms with Crippen LogP contribution < -0.4 is 5.73 Å². The van der Waals surface area contributed by atoms with Gasteiger partial charge in [-0.15, -0.1) is 0 Å². The van der Waals surface area contributed by atoms with Crippen molar-refractivity contribution >= 4 is 11.8 Å². The Kier molecular flexibility index (Phi) is 4.84. The quantitative estimate of drug-likeness (QED) is 0.616. The van der Waals surface area contributed by atoms with Crippen LogP contribution in [0.4, 0.5) is 0 Å². The standard InChI is InChI=1S/C13H17NO3/c1-9(2)11(14)12(15)13(16)17-8-10-6-4-3-5-7-10/h3-7,9,11H,8,14H2,1-2H3. The summed E-state index contributed by atoms with van der Waals surface area (Å²) in [5, 5.41) is 0. The fourth-order valence-electron chi connectivity index (χ4n) is 1.23. The summed E-state index contributed by atoms with van der Waals surface area (Å²) in [7, 11) is 0. The van der Waals surface area contributed by atoms with Gasteiger partial charge < -0.3 is 10.5 Å². The molecule has 0 saturated heterocycles. The van der Waals surface area contributed by atoms with E-state index in [1.807, 2.05) is 30.3 Å². The van der Waals surface area contributed by atoms with E-state index in [2.05, 4.69) is 0 Å². The first-order valence-electron chi connectivity index (χ1n) is 5.53. The molecular formula is C13H17NO3. The van der Waals surface area contributed by atoms with Crippen LogP contribution in [0.15, 0.2) is 30.3 Å². The first-order valence-corrected chi connectivity index (χ1v) is 5.53. The van der Waals surface area contributed by atoms with Gasteiger partial charge in [0.15, 0.2) is 0 Å². The number of hydrogen-bond acceptors (Lipinski definition) is 4. The first kappa shape index (κ1) is 13.4. The molecule has 0 spiro atoms. The summed E-state index contributed by atoms with van der Waals surface area (Å²) in [5.41, 5.74) is 6.42. The number of carbonyl (C=O) groups excluding carboxylic acids is 2. The van der Waals surface area contributed by atoms with Crippen molar-refractivity contribution in [3.8, 4) is 0 Å². The number of Topliss-reactive ketones (excluding diaryl/α,β-unsaturated/α-hetero) is 1. The third kappa shape index (κ3) is 4.00. The molecule has 0 aliphatic heterocycles. The summed E-state index contributed by atoms with van der Waals surface area (Å²) < 4.78 is 4.89. The number of carbonyl (C=O) groups is 2. The Hall–Kier alpha value is -1.68. The van der Waals surface area contributed by atoms with E-state index in [1.165, 1.54) is 0 Å². The molecule has 0 fully saturated rings. The molecule has 4 nitrogen and oxygen atoms in total. The predicted molar refractivity (Wildman–Crippen MR) is 64.1 cm³/mol. The van der Waals surface area contributed by atoms with Crippen LogP contribution >= 0.6 is 0 Å². The third-order valence-corrected chi connectivity index (χ3v) is 2.43. The molecule has 0 amide bonds. The highest BCUT2D eigenvalue weighted by Gasteiger charge is 2.25. The Bertz CT molecular complexity index is 387. The lowest BCUT2D eigenvalue weighted by molar-refractivity contribution is -0.155. The van der Waals surface area contributed by atoms with E-state index in [-0.39, 0.29) is 12.5 Å². The Morgan fingerprint density at radius 2 is 1.82 bits per heavy atom. The molecule has 1 rings (SSSR count). The number of esters is 1. The summed E-state index contributed by atoms with van der Waals surface area (Å²) in [5.74, 6) is -1.61. The minimum atomic E-state index is -0.866. The second kappa shape index (κ2) is 6.15. The average Bonchev–Trinajstić information content (AvgIpc) is 2.35. The number of benzene rings is 1. The number of rotatable bonds is 5. The van der Waals surface area contributed by atoms with Gasteiger partial charge in [-0.05, 0) is 11.5 Å². The van der Waals surface area contributed by atoms with E-state index < -0.39 is 17.8 Å². The topological polar surface area (TPSA) is 69.4 Å². The van der Waals surface area contributed by atoms with Crippen LogP contribution in [0.5, 0.6) is 0 Å². The van der Waals surface area contributed by atoms with Gasteiger partial charge in [0.2, 0.25) is 0 Å². The molecule has 17 heavy (non-hydrogen) atoms. The zero-order valence-corrected chi connectivity index (χ0v) is 10.1. The monoisotopic (exact) mass is 235 g/mol. The van der Waals surface area contributed by atoms with Crippen LogP contribution in [-0.4, -0.2) is 17.8 Å². The fraction of sp³-hybridized carbons (Fsp3) is 0.385. The highest BCUT2D eigenvalue weighted by molar-refractivity contribution is 6.35. The van der Waals surface area contributed by atoms with Gasteiger partial charge in [0, 0.05) is 0 Å². The van der Waals surface area contributed by atoms with E-state index in [0.29, 0.717) is 0 Å².